The number of carbonyl (C=O) groups is 2. The van der Waals surface area contributed by atoms with Crippen molar-refractivity contribution in [3.05, 3.63) is 66.5 Å². The van der Waals surface area contributed by atoms with Gasteiger partial charge in [0.1, 0.15) is 5.75 Å². The molecule has 1 saturated carbocycles. The van der Waals surface area contributed by atoms with Crippen LogP contribution in [0.4, 0.5) is 11.4 Å². The van der Waals surface area contributed by atoms with Crippen LogP contribution in [0.15, 0.2) is 66.1 Å². The minimum atomic E-state index is -0.218. The second-order valence-corrected chi connectivity index (χ2v) is 8.12. The van der Waals surface area contributed by atoms with Crippen LogP contribution in [-0.4, -0.2) is 33.7 Å². The first-order chi connectivity index (χ1) is 15.1. The van der Waals surface area contributed by atoms with Gasteiger partial charge in [-0.05, 0) is 68.3 Å². The predicted molar refractivity (Wildman–Crippen MR) is 122 cm³/mol. The molecule has 0 spiro atoms. The van der Waals surface area contributed by atoms with Crippen LogP contribution in [-0.2, 0) is 4.79 Å². The Morgan fingerprint density at radius 3 is 2.42 bits per heavy atom. The lowest BCUT2D eigenvalue weighted by atomic mass is 10.2. The number of anilines is 2. The predicted octanol–water partition coefficient (Wildman–Crippen LogP) is 4.60. The van der Waals surface area contributed by atoms with Crippen molar-refractivity contribution in [1.82, 2.24) is 9.55 Å². The van der Waals surface area contributed by atoms with Crippen molar-refractivity contribution in [3.63, 3.8) is 0 Å². The molecule has 0 aliphatic heterocycles. The Balaban J connectivity index is 1.27. The minimum Gasteiger partial charge on any atom is -0.494 e. The number of carbonyl (C=O) groups excluding carboxylic acids is 2. The molecule has 1 heterocycles. The number of ether oxygens (including phenoxy) is 1. The average molecular weight is 437 g/mol. The lowest BCUT2D eigenvalue weighted by Crippen LogP contribution is -2.15. The van der Waals surface area contributed by atoms with Gasteiger partial charge in [-0.25, -0.2) is 4.98 Å². The van der Waals surface area contributed by atoms with E-state index in [2.05, 4.69) is 20.2 Å². The zero-order chi connectivity index (χ0) is 21.6. The molecule has 31 heavy (non-hydrogen) atoms. The first-order valence-electron chi connectivity index (χ1n) is 10.2. The van der Waals surface area contributed by atoms with E-state index in [4.69, 9.17) is 4.74 Å². The molecule has 8 heteroatoms. The standard InChI is InChI=1S/C23H24N4O3S/c1-2-30-20-11-7-18(8-12-20)26-22(29)16-3-5-17(6-4-16)25-21(28)15-31-23-24-13-14-27(23)19-9-10-19/h3-8,11-14,19H,2,9-10,15H2,1H3,(H,25,28)(H,26,29). The van der Waals surface area contributed by atoms with Crippen LogP contribution in [0, 0.1) is 0 Å². The molecule has 2 amide bonds. The Kier molecular flexibility index (Phi) is 6.57. The zero-order valence-electron chi connectivity index (χ0n) is 17.2. The summed E-state index contributed by atoms with van der Waals surface area (Å²) in [6.45, 7) is 2.52. The zero-order valence-corrected chi connectivity index (χ0v) is 18.0. The molecule has 4 rings (SSSR count). The molecule has 0 radical (unpaired) electrons. The van der Waals surface area contributed by atoms with E-state index in [-0.39, 0.29) is 17.6 Å². The van der Waals surface area contributed by atoms with Gasteiger partial charge in [0.2, 0.25) is 5.91 Å². The molecule has 1 aromatic heterocycles. The number of imidazole rings is 1. The van der Waals surface area contributed by atoms with Gasteiger partial charge in [0.05, 0.1) is 12.4 Å². The molecular formula is C23H24N4O3S. The topological polar surface area (TPSA) is 85.2 Å². The smallest absolute Gasteiger partial charge is 0.255 e. The van der Waals surface area contributed by atoms with Crippen molar-refractivity contribution < 1.29 is 14.3 Å². The molecule has 2 aromatic carbocycles. The van der Waals surface area contributed by atoms with E-state index < -0.39 is 0 Å². The maximum atomic E-state index is 12.4. The largest absolute Gasteiger partial charge is 0.494 e. The molecule has 1 aliphatic carbocycles. The SMILES string of the molecule is CCOc1ccc(NC(=O)c2ccc(NC(=O)CSc3nccn3C3CC3)cc2)cc1. The normalized spacial score (nSPS) is 12.9. The number of hydrogen-bond donors (Lipinski definition) is 2. The fraction of sp³-hybridized carbons (Fsp3) is 0.261. The van der Waals surface area contributed by atoms with Gasteiger partial charge in [-0.1, -0.05) is 11.8 Å². The van der Waals surface area contributed by atoms with Crippen LogP contribution in [0.25, 0.3) is 0 Å². The summed E-state index contributed by atoms with van der Waals surface area (Å²) in [7, 11) is 0. The van der Waals surface area contributed by atoms with Crippen molar-refractivity contribution in [1.29, 1.82) is 0 Å². The van der Waals surface area contributed by atoms with Crippen LogP contribution in [0.1, 0.15) is 36.2 Å². The number of nitrogens with one attached hydrogen (secondary N) is 2. The third-order valence-electron chi connectivity index (χ3n) is 4.76. The first-order valence-corrected chi connectivity index (χ1v) is 11.2. The molecule has 0 atom stereocenters. The molecule has 3 aromatic rings. The Morgan fingerprint density at radius 1 is 1.06 bits per heavy atom. The highest BCUT2D eigenvalue weighted by Crippen LogP contribution is 2.37. The van der Waals surface area contributed by atoms with Crippen LogP contribution in [0.3, 0.4) is 0 Å². The van der Waals surface area contributed by atoms with E-state index in [0.717, 1.165) is 10.9 Å². The van der Waals surface area contributed by atoms with Crippen LogP contribution in [0.2, 0.25) is 0 Å². The second-order valence-electron chi connectivity index (χ2n) is 7.17. The average Bonchev–Trinajstić information content (AvgIpc) is 3.52. The monoisotopic (exact) mass is 436 g/mol. The highest BCUT2D eigenvalue weighted by Gasteiger charge is 2.25. The third-order valence-corrected chi connectivity index (χ3v) is 5.74. The van der Waals surface area contributed by atoms with E-state index in [1.165, 1.54) is 24.6 Å². The number of nitrogens with zero attached hydrogens (tertiary/aromatic N) is 2. The van der Waals surface area contributed by atoms with Crippen molar-refractivity contribution in [2.75, 3.05) is 23.0 Å². The number of rotatable bonds is 9. The van der Waals surface area contributed by atoms with Crippen molar-refractivity contribution >= 4 is 35.0 Å². The maximum absolute atomic E-state index is 12.4. The van der Waals surface area contributed by atoms with E-state index in [0.29, 0.717) is 29.6 Å². The van der Waals surface area contributed by atoms with Crippen molar-refractivity contribution in [2.24, 2.45) is 0 Å². The van der Waals surface area contributed by atoms with Crippen molar-refractivity contribution in [3.8, 4) is 5.75 Å². The number of amides is 2. The Hall–Kier alpha value is -3.26. The Morgan fingerprint density at radius 2 is 1.74 bits per heavy atom. The van der Waals surface area contributed by atoms with E-state index >= 15 is 0 Å². The van der Waals surface area contributed by atoms with E-state index in [1.54, 1.807) is 42.6 Å². The maximum Gasteiger partial charge on any atom is 0.255 e. The van der Waals surface area contributed by atoms with Crippen LogP contribution >= 0.6 is 11.8 Å². The minimum absolute atomic E-state index is 0.109. The molecule has 0 bridgehead atoms. The number of hydrogen-bond acceptors (Lipinski definition) is 5. The van der Waals surface area contributed by atoms with Gasteiger partial charge in [0.25, 0.3) is 5.91 Å². The van der Waals surface area contributed by atoms with Gasteiger partial charge in [0.15, 0.2) is 5.16 Å². The van der Waals surface area contributed by atoms with Gasteiger partial charge in [0, 0.05) is 35.4 Å². The summed E-state index contributed by atoms with van der Waals surface area (Å²) in [4.78, 5) is 29.1. The summed E-state index contributed by atoms with van der Waals surface area (Å²) in [6.07, 6.45) is 6.09. The first kappa shape index (κ1) is 21.0. The van der Waals surface area contributed by atoms with Gasteiger partial charge in [-0.15, -0.1) is 0 Å². The van der Waals surface area contributed by atoms with Gasteiger partial charge >= 0.3 is 0 Å². The summed E-state index contributed by atoms with van der Waals surface area (Å²) in [6, 6.07) is 14.6. The van der Waals surface area contributed by atoms with Gasteiger partial charge in [-0.2, -0.15) is 0 Å². The number of thioether (sulfide) groups is 1. The van der Waals surface area contributed by atoms with Crippen LogP contribution < -0.4 is 15.4 Å². The highest BCUT2D eigenvalue weighted by molar-refractivity contribution is 7.99. The summed E-state index contributed by atoms with van der Waals surface area (Å²) in [5.74, 6) is 0.714. The second kappa shape index (κ2) is 9.70. The number of benzene rings is 2. The molecule has 1 fully saturated rings. The van der Waals surface area contributed by atoms with Crippen molar-refractivity contribution in [2.45, 2.75) is 31.0 Å². The fourth-order valence-electron chi connectivity index (χ4n) is 3.08. The lowest BCUT2D eigenvalue weighted by molar-refractivity contribution is -0.113. The Bertz CT molecular complexity index is 1040. The van der Waals surface area contributed by atoms with E-state index in [9.17, 15) is 9.59 Å². The van der Waals surface area contributed by atoms with E-state index in [1.807, 2.05) is 25.3 Å². The number of aromatic nitrogens is 2. The summed E-state index contributed by atoms with van der Waals surface area (Å²) in [5.41, 5.74) is 1.84. The summed E-state index contributed by atoms with van der Waals surface area (Å²) < 4.78 is 7.53. The molecule has 0 saturated heterocycles. The summed E-state index contributed by atoms with van der Waals surface area (Å²) in [5, 5.41) is 6.58. The highest BCUT2D eigenvalue weighted by atomic mass is 32.2. The molecular weight excluding hydrogens is 412 g/mol. The van der Waals surface area contributed by atoms with Gasteiger partial charge in [-0.3, -0.25) is 9.59 Å². The summed E-state index contributed by atoms with van der Waals surface area (Å²) >= 11 is 1.43. The Labute approximate surface area is 185 Å². The van der Waals surface area contributed by atoms with Gasteiger partial charge < -0.3 is 19.9 Å². The molecule has 0 unspecified atom stereocenters. The molecule has 2 N–H and O–H groups in total. The molecule has 1 aliphatic rings. The van der Waals surface area contributed by atoms with Crippen LogP contribution in [0.5, 0.6) is 5.75 Å². The third kappa shape index (κ3) is 5.67. The molecule has 160 valence electrons. The lowest BCUT2D eigenvalue weighted by Gasteiger charge is -2.09. The fourth-order valence-corrected chi connectivity index (χ4v) is 3.91. The quantitative estimate of drug-likeness (QED) is 0.479. The molecule has 7 nitrogen and oxygen atoms in total.